The maximum absolute atomic E-state index is 11.7. The molecule has 0 spiro atoms. The van der Waals surface area contributed by atoms with Gasteiger partial charge in [0.2, 0.25) is 0 Å². The van der Waals surface area contributed by atoms with Crippen LogP contribution in [-0.2, 0) is 9.59 Å². The van der Waals surface area contributed by atoms with Crippen LogP contribution < -0.4 is 5.32 Å². The number of hydrogen-bond donors (Lipinski definition) is 3. The fourth-order valence-electron chi connectivity index (χ4n) is 1.31. The van der Waals surface area contributed by atoms with Gasteiger partial charge in [-0.1, -0.05) is 0 Å². The molecular formula is C12H10N2O5. The average molecular weight is 262 g/mol. The number of nitrogens with zero attached hydrogens (tertiary/aromatic N) is 1. The van der Waals surface area contributed by atoms with Crippen molar-refractivity contribution in [1.82, 2.24) is 5.32 Å². The van der Waals surface area contributed by atoms with Crippen molar-refractivity contribution in [2.75, 3.05) is 0 Å². The molecule has 1 atom stereocenters. The highest BCUT2D eigenvalue weighted by Gasteiger charge is 2.23. The lowest BCUT2D eigenvalue weighted by molar-refractivity contribution is -0.145. The number of benzene rings is 1. The van der Waals surface area contributed by atoms with Gasteiger partial charge in [-0.2, -0.15) is 5.26 Å². The summed E-state index contributed by atoms with van der Waals surface area (Å²) in [5, 5.41) is 28.0. The van der Waals surface area contributed by atoms with E-state index in [1.54, 1.807) is 0 Å². The van der Waals surface area contributed by atoms with E-state index in [0.29, 0.717) is 5.56 Å². The van der Waals surface area contributed by atoms with Gasteiger partial charge in [0.15, 0.2) is 0 Å². The van der Waals surface area contributed by atoms with E-state index in [2.05, 4.69) is 5.32 Å². The van der Waals surface area contributed by atoms with Gasteiger partial charge < -0.3 is 15.5 Å². The fourth-order valence-corrected chi connectivity index (χ4v) is 1.31. The maximum atomic E-state index is 11.7. The molecule has 1 aromatic rings. The van der Waals surface area contributed by atoms with Crippen molar-refractivity contribution in [1.29, 1.82) is 5.26 Å². The summed E-state index contributed by atoms with van der Waals surface area (Å²) in [6, 6.07) is 5.89. The predicted octanol–water partition coefficient (Wildman–Crippen LogP) is 0.216. The van der Waals surface area contributed by atoms with E-state index in [0.717, 1.165) is 0 Å². The highest BCUT2D eigenvalue weighted by atomic mass is 16.4. The summed E-state index contributed by atoms with van der Waals surface area (Å²) in [6.45, 7) is 0. The third kappa shape index (κ3) is 4.12. The van der Waals surface area contributed by atoms with Crippen LogP contribution in [0.4, 0.5) is 0 Å². The smallest absolute Gasteiger partial charge is 0.326 e. The molecule has 0 aliphatic carbocycles. The minimum atomic E-state index is -1.50. The van der Waals surface area contributed by atoms with Gasteiger partial charge in [-0.15, -0.1) is 0 Å². The van der Waals surface area contributed by atoms with Gasteiger partial charge in [-0.3, -0.25) is 9.59 Å². The molecule has 1 amide bonds. The number of hydrogen-bond acceptors (Lipinski definition) is 4. The molecule has 0 aliphatic rings. The molecule has 0 heterocycles. The molecule has 3 N–H and O–H groups in total. The standard InChI is InChI=1S/C12H10N2O5/c13-6-7-1-3-8(4-2-7)11(17)14-9(12(18)19)5-10(15)16/h1-4,9H,5H2,(H,14,17)(H,15,16)(H,18,19)/t9-/m0/s1. The topological polar surface area (TPSA) is 127 Å². The van der Waals surface area contributed by atoms with Gasteiger partial charge in [-0.25, -0.2) is 4.79 Å². The number of amides is 1. The Morgan fingerprint density at radius 3 is 2.21 bits per heavy atom. The Balaban J connectivity index is 2.78. The van der Waals surface area contributed by atoms with E-state index in [4.69, 9.17) is 15.5 Å². The Morgan fingerprint density at radius 1 is 1.21 bits per heavy atom. The zero-order valence-corrected chi connectivity index (χ0v) is 9.66. The summed E-state index contributed by atoms with van der Waals surface area (Å²) in [5.74, 6) is -3.46. The van der Waals surface area contributed by atoms with E-state index in [1.807, 2.05) is 6.07 Å². The number of nitriles is 1. The van der Waals surface area contributed by atoms with Gasteiger partial charge in [-0.05, 0) is 24.3 Å². The van der Waals surface area contributed by atoms with Crippen molar-refractivity contribution in [3.05, 3.63) is 35.4 Å². The minimum Gasteiger partial charge on any atom is -0.481 e. The van der Waals surface area contributed by atoms with Gasteiger partial charge in [0.1, 0.15) is 6.04 Å². The number of carbonyl (C=O) groups is 3. The van der Waals surface area contributed by atoms with E-state index < -0.39 is 30.3 Å². The van der Waals surface area contributed by atoms with Gasteiger partial charge >= 0.3 is 11.9 Å². The molecule has 0 saturated carbocycles. The molecule has 0 saturated heterocycles. The molecule has 0 aromatic heterocycles. The summed E-state index contributed by atoms with van der Waals surface area (Å²) in [4.78, 5) is 32.9. The van der Waals surface area contributed by atoms with Crippen LogP contribution >= 0.6 is 0 Å². The molecule has 0 unspecified atom stereocenters. The van der Waals surface area contributed by atoms with Crippen molar-refractivity contribution in [2.45, 2.75) is 12.5 Å². The zero-order chi connectivity index (χ0) is 14.4. The molecule has 0 aliphatic heterocycles. The molecule has 7 nitrogen and oxygen atoms in total. The Labute approximate surface area is 108 Å². The Hall–Kier alpha value is -2.88. The minimum absolute atomic E-state index is 0.149. The molecule has 0 fully saturated rings. The van der Waals surface area contributed by atoms with Crippen LogP contribution in [0.15, 0.2) is 24.3 Å². The van der Waals surface area contributed by atoms with E-state index in [9.17, 15) is 14.4 Å². The molecule has 1 rings (SSSR count). The summed E-state index contributed by atoms with van der Waals surface area (Å²) in [6.07, 6.45) is -0.711. The maximum Gasteiger partial charge on any atom is 0.326 e. The summed E-state index contributed by atoms with van der Waals surface area (Å²) in [7, 11) is 0. The lowest BCUT2D eigenvalue weighted by Gasteiger charge is -2.12. The van der Waals surface area contributed by atoms with E-state index in [-0.39, 0.29) is 5.56 Å². The van der Waals surface area contributed by atoms with Crippen LogP contribution in [0.1, 0.15) is 22.3 Å². The quantitative estimate of drug-likeness (QED) is 0.696. The number of rotatable bonds is 5. The summed E-state index contributed by atoms with van der Waals surface area (Å²) < 4.78 is 0. The van der Waals surface area contributed by atoms with Crippen molar-refractivity contribution in [2.24, 2.45) is 0 Å². The lowest BCUT2D eigenvalue weighted by Crippen LogP contribution is -2.42. The second-order valence-corrected chi connectivity index (χ2v) is 3.65. The van der Waals surface area contributed by atoms with E-state index >= 15 is 0 Å². The lowest BCUT2D eigenvalue weighted by atomic mass is 10.1. The largest absolute Gasteiger partial charge is 0.481 e. The van der Waals surface area contributed by atoms with Crippen molar-refractivity contribution < 1.29 is 24.6 Å². The number of aliphatic carboxylic acids is 2. The van der Waals surface area contributed by atoms with Crippen LogP contribution in [0.2, 0.25) is 0 Å². The number of carboxylic acids is 2. The van der Waals surface area contributed by atoms with Crippen LogP contribution in [0.3, 0.4) is 0 Å². The third-order valence-corrected chi connectivity index (χ3v) is 2.26. The van der Waals surface area contributed by atoms with E-state index in [1.165, 1.54) is 24.3 Å². The molecule has 1 aromatic carbocycles. The Kier molecular flexibility index (Phi) is 4.60. The highest BCUT2D eigenvalue weighted by molar-refractivity contribution is 5.97. The second-order valence-electron chi connectivity index (χ2n) is 3.65. The Morgan fingerprint density at radius 2 is 1.79 bits per heavy atom. The second kappa shape index (κ2) is 6.16. The predicted molar refractivity (Wildman–Crippen MR) is 62.3 cm³/mol. The molecule has 7 heteroatoms. The number of carboxylic acid groups (broad SMARTS) is 2. The molecular weight excluding hydrogens is 252 g/mol. The van der Waals surface area contributed by atoms with Crippen molar-refractivity contribution in [3.63, 3.8) is 0 Å². The number of carbonyl (C=O) groups excluding carboxylic acids is 1. The summed E-state index contributed by atoms with van der Waals surface area (Å²) >= 11 is 0. The first-order chi connectivity index (χ1) is 8.93. The first kappa shape index (κ1) is 14.2. The van der Waals surface area contributed by atoms with Crippen LogP contribution in [0, 0.1) is 11.3 Å². The molecule has 98 valence electrons. The first-order valence-electron chi connectivity index (χ1n) is 5.19. The SMILES string of the molecule is N#Cc1ccc(C(=O)N[C@@H](CC(=O)O)C(=O)O)cc1. The molecule has 19 heavy (non-hydrogen) atoms. The Bertz CT molecular complexity index is 544. The fraction of sp³-hybridized carbons (Fsp3) is 0.167. The zero-order valence-electron chi connectivity index (χ0n) is 9.66. The van der Waals surface area contributed by atoms with Crippen LogP contribution in [-0.4, -0.2) is 34.1 Å². The van der Waals surface area contributed by atoms with Gasteiger partial charge in [0.25, 0.3) is 5.91 Å². The monoisotopic (exact) mass is 262 g/mol. The highest BCUT2D eigenvalue weighted by Crippen LogP contribution is 2.04. The van der Waals surface area contributed by atoms with Gasteiger partial charge in [0, 0.05) is 5.56 Å². The number of nitrogens with one attached hydrogen (secondary N) is 1. The third-order valence-electron chi connectivity index (χ3n) is 2.26. The van der Waals surface area contributed by atoms with Crippen LogP contribution in [0.5, 0.6) is 0 Å². The average Bonchev–Trinajstić information content (AvgIpc) is 2.37. The molecule has 0 radical (unpaired) electrons. The van der Waals surface area contributed by atoms with Crippen LogP contribution in [0.25, 0.3) is 0 Å². The van der Waals surface area contributed by atoms with Crippen molar-refractivity contribution >= 4 is 17.8 Å². The van der Waals surface area contributed by atoms with Crippen molar-refractivity contribution in [3.8, 4) is 6.07 Å². The first-order valence-corrected chi connectivity index (χ1v) is 5.19. The summed E-state index contributed by atoms with van der Waals surface area (Å²) in [5.41, 5.74) is 0.507. The molecule has 0 bridgehead atoms. The van der Waals surface area contributed by atoms with Gasteiger partial charge in [0.05, 0.1) is 18.1 Å². The normalized spacial score (nSPS) is 11.1.